The monoisotopic (exact) mass is 459 g/mol. The van der Waals surface area contributed by atoms with Crippen molar-refractivity contribution < 1.29 is 14.3 Å². The van der Waals surface area contributed by atoms with E-state index in [9.17, 15) is 9.59 Å². The molecule has 3 heterocycles. The number of amides is 1. The van der Waals surface area contributed by atoms with Crippen LogP contribution in [-0.4, -0.2) is 39.2 Å². The number of carbonyl (C=O) groups is 1. The molecule has 1 amide bonds. The number of methoxy groups -OCH3 is 2. The van der Waals surface area contributed by atoms with Crippen LogP contribution in [0.25, 0.3) is 10.9 Å². The maximum atomic E-state index is 13.4. The Kier molecular flexibility index (Phi) is 5.53. The van der Waals surface area contributed by atoms with Gasteiger partial charge < -0.3 is 19.4 Å². The second kappa shape index (κ2) is 8.66. The van der Waals surface area contributed by atoms with Gasteiger partial charge in [-0.05, 0) is 42.3 Å². The topological polar surface area (TPSA) is 100 Å². The fraction of sp³-hybridized carbons (Fsp3) is 0.280. The van der Waals surface area contributed by atoms with E-state index in [0.29, 0.717) is 40.3 Å². The number of hydrogen-bond acceptors (Lipinski definition) is 6. The summed E-state index contributed by atoms with van der Waals surface area (Å²) in [5.74, 6) is 2.32. The smallest absolute Gasteiger partial charge is 0.261 e. The number of nitrogens with one attached hydrogen (secondary N) is 1. The number of rotatable bonds is 6. The fourth-order valence-corrected chi connectivity index (χ4v) is 4.39. The zero-order chi connectivity index (χ0) is 23.8. The first-order valence-corrected chi connectivity index (χ1v) is 11.0. The van der Waals surface area contributed by atoms with Crippen molar-refractivity contribution in [2.24, 2.45) is 7.05 Å². The second-order valence-electron chi connectivity index (χ2n) is 8.27. The van der Waals surface area contributed by atoms with E-state index in [1.807, 2.05) is 29.9 Å². The second-order valence-corrected chi connectivity index (χ2v) is 8.27. The number of imidazole rings is 1. The Balaban J connectivity index is 1.54. The molecule has 1 aliphatic rings. The van der Waals surface area contributed by atoms with Gasteiger partial charge in [0.05, 0.1) is 25.1 Å². The minimum atomic E-state index is -0.564. The number of aryl methyl sites for hydroxylation is 2. The molecule has 0 radical (unpaired) electrons. The molecule has 34 heavy (non-hydrogen) atoms. The van der Waals surface area contributed by atoms with Crippen molar-refractivity contribution >= 4 is 16.8 Å². The van der Waals surface area contributed by atoms with Crippen LogP contribution in [0, 0.1) is 0 Å². The van der Waals surface area contributed by atoms with Gasteiger partial charge in [-0.15, -0.1) is 0 Å². The maximum Gasteiger partial charge on any atom is 0.261 e. The van der Waals surface area contributed by atoms with Crippen LogP contribution in [0.3, 0.4) is 0 Å². The highest BCUT2D eigenvalue weighted by Crippen LogP contribution is 2.30. The van der Waals surface area contributed by atoms with Gasteiger partial charge in [-0.1, -0.05) is 0 Å². The van der Waals surface area contributed by atoms with Crippen LogP contribution in [-0.2, 0) is 20.0 Å². The molecule has 2 aromatic carbocycles. The van der Waals surface area contributed by atoms with Gasteiger partial charge in [-0.2, -0.15) is 0 Å². The number of fused-ring (bicyclic) bond motifs is 2. The van der Waals surface area contributed by atoms with Gasteiger partial charge in [0.25, 0.3) is 11.5 Å². The van der Waals surface area contributed by atoms with Gasteiger partial charge in [-0.3, -0.25) is 14.2 Å². The predicted octanol–water partition coefficient (Wildman–Crippen LogP) is 2.61. The van der Waals surface area contributed by atoms with Crippen LogP contribution >= 0.6 is 0 Å². The molecule has 0 saturated heterocycles. The highest BCUT2D eigenvalue weighted by Gasteiger charge is 2.24. The minimum absolute atomic E-state index is 0.0566. The molecule has 174 valence electrons. The van der Waals surface area contributed by atoms with Crippen molar-refractivity contribution in [1.29, 1.82) is 0 Å². The Morgan fingerprint density at radius 1 is 1.12 bits per heavy atom. The summed E-state index contributed by atoms with van der Waals surface area (Å²) in [6, 6.07) is 9.90. The predicted molar refractivity (Wildman–Crippen MR) is 126 cm³/mol. The summed E-state index contributed by atoms with van der Waals surface area (Å²) in [6.07, 6.45) is 5.17. The minimum Gasteiger partial charge on any atom is -0.497 e. The first kappa shape index (κ1) is 21.7. The molecule has 0 bridgehead atoms. The Morgan fingerprint density at radius 3 is 2.56 bits per heavy atom. The fourth-order valence-electron chi connectivity index (χ4n) is 4.39. The number of nitrogens with zero attached hydrogens (tertiary/aromatic N) is 4. The number of benzene rings is 2. The Labute approximate surface area is 196 Å². The molecular formula is C25H25N5O4. The van der Waals surface area contributed by atoms with Crippen molar-refractivity contribution in [1.82, 2.24) is 24.4 Å². The highest BCUT2D eigenvalue weighted by molar-refractivity contribution is 5.98. The normalized spacial score (nSPS) is 13.5. The molecule has 9 nitrogen and oxygen atoms in total. The molecule has 1 atom stereocenters. The Bertz CT molecular complexity index is 1430. The van der Waals surface area contributed by atoms with Gasteiger partial charge >= 0.3 is 0 Å². The third-order valence-corrected chi connectivity index (χ3v) is 6.18. The molecule has 0 saturated carbocycles. The van der Waals surface area contributed by atoms with Crippen LogP contribution < -0.4 is 20.3 Å². The van der Waals surface area contributed by atoms with Crippen molar-refractivity contribution in [3.63, 3.8) is 0 Å². The van der Waals surface area contributed by atoms with Gasteiger partial charge in [0, 0.05) is 44.0 Å². The van der Waals surface area contributed by atoms with E-state index in [0.717, 1.165) is 24.2 Å². The highest BCUT2D eigenvalue weighted by atomic mass is 16.5. The van der Waals surface area contributed by atoms with E-state index in [4.69, 9.17) is 9.47 Å². The van der Waals surface area contributed by atoms with Crippen LogP contribution in [0.5, 0.6) is 11.5 Å². The lowest BCUT2D eigenvalue weighted by atomic mass is 10.0. The lowest BCUT2D eigenvalue weighted by Crippen LogP contribution is -2.31. The van der Waals surface area contributed by atoms with E-state index < -0.39 is 6.04 Å². The van der Waals surface area contributed by atoms with Crippen LogP contribution in [0.1, 0.15) is 40.0 Å². The largest absolute Gasteiger partial charge is 0.497 e. The average Bonchev–Trinajstić information content (AvgIpc) is 3.50. The van der Waals surface area contributed by atoms with Gasteiger partial charge in [0.2, 0.25) is 0 Å². The molecule has 0 spiro atoms. The SMILES string of the molecule is COc1cc(OC)cc([C@H](NC(=O)c2ccc3c(=O)n4c(nc3c2)CCC4)c2nccn2C)c1. The third kappa shape index (κ3) is 3.79. The number of hydrogen-bond donors (Lipinski definition) is 1. The van der Waals surface area contributed by atoms with Crippen LogP contribution in [0.2, 0.25) is 0 Å². The van der Waals surface area contributed by atoms with Crippen molar-refractivity contribution in [2.45, 2.75) is 25.4 Å². The zero-order valence-electron chi connectivity index (χ0n) is 19.2. The molecule has 1 aliphatic heterocycles. The number of ether oxygens (including phenoxy) is 2. The number of aromatic nitrogens is 4. The van der Waals surface area contributed by atoms with E-state index in [1.165, 1.54) is 0 Å². The molecule has 0 unspecified atom stereocenters. The van der Waals surface area contributed by atoms with Crippen LogP contribution in [0.4, 0.5) is 0 Å². The third-order valence-electron chi connectivity index (χ3n) is 6.18. The Hall–Kier alpha value is -4.14. The van der Waals surface area contributed by atoms with Gasteiger partial charge in [0.1, 0.15) is 29.2 Å². The van der Waals surface area contributed by atoms with Crippen molar-refractivity contribution in [2.75, 3.05) is 14.2 Å². The van der Waals surface area contributed by atoms with Crippen LogP contribution in [0.15, 0.2) is 53.6 Å². The summed E-state index contributed by atoms with van der Waals surface area (Å²) in [5, 5.41) is 3.60. The van der Waals surface area contributed by atoms with Gasteiger partial charge in [-0.25, -0.2) is 9.97 Å². The molecule has 5 rings (SSSR count). The molecule has 4 aromatic rings. The summed E-state index contributed by atoms with van der Waals surface area (Å²) >= 11 is 0. The summed E-state index contributed by atoms with van der Waals surface area (Å²) in [6.45, 7) is 0.689. The summed E-state index contributed by atoms with van der Waals surface area (Å²) in [5.41, 5.74) is 1.64. The van der Waals surface area contributed by atoms with E-state index >= 15 is 0 Å². The Morgan fingerprint density at radius 2 is 1.88 bits per heavy atom. The average molecular weight is 460 g/mol. The molecule has 2 aromatic heterocycles. The summed E-state index contributed by atoms with van der Waals surface area (Å²) in [7, 11) is 5.02. The lowest BCUT2D eigenvalue weighted by Gasteiger charge is -2.20. The summed E-state index contributed by atoms with van der Waals surface area (Å²) in [4.78, 5) is 35.3. The molecule has 0 aliphatic carbocycles. The van der Waals surface area contributed by atoms with E-state index in [-0.39, 0.29) is 11.5 Å². The van der Waals surface area contributed by atoms with E-state index in [1.54, 1.807) is 49.2 Å². The quantitative estimate of drug-likeness (QED) is 0.476. The zero-order valence-corrected chi connectivity index (χ0v) is 19.2. The maximum absolute atomic E-state index is 13.4. The first-order valence-electron chi connectivity index (χ1n) is 11.0. The molecule has 1 N–H and O–H groups in total. The van der Waals surface area contributed by atoms with Crippen molar-refractivity contribution in [3.8, 4) is 11.5 Å². The summed E-state index contributed by atoms with van der Waals surface area (Å²) < 4.78 is 14.4. The first-order chi connectivity index (χ1) is 16.5. The standard InChI is InChI=1S/C25H25N5O4/c1-29-10-8-26-23(29)22(16-11-17(33-2)14-18(12-16)34-3)28-24(31)15-6-7-19-20(13-15)27-21-5-4-9-30(21)25(19)32/h6-8,10-14,22H,4-5,9H2,1-3H3,(H,28,31)/t22-/m0/s1. The molecular weight excluding hydrogens is 434 g/mol. The van der Waals surface area contributed by atoms with Gasteiger partial charge in [0.15, 0.2) is 0 Å². The molecule has 0 fully saturated rings. The lowest BCUT2D eigenvalue weighted by molar-refractivity contribution is 0.0941. The van der Waals surface area contributed by atoms with E-state index in [2.05, 4.69) is 15.3 Å². The molecule has 9 heteroatoms. The number of carbonyl (C=O) groups excluding carboxylic acids is 1. The van der Waals surface area contributed by atoms with Crippen molar-refractivity contribution in [3.05, 3.63) is 81.9 Å².